The second-order valence-electron chi connectivity index (χ2n) is 9.35. The maximum Gasteiger partial charge on any atom is 0.272 e. The average Bonchev–Trinajstić information content (AvgIpc) is 3.28. The van der Waals surface area contributed by atoms with Crippen LogP contribution in [0.15, 0.2) is 108 Å². The molecule has 1 aliphatic heterocycles. The van der Waals surface area contributed by atoms with Crippen LogP contribution in [-0.4, -0.2) is 28.9 Å². The molecule has 1 unspecified atom stereocenters. The van der Waals surface area contributed by atoms with Crippen molar-refractivity contribution in [3.8, 4) is 0 Å². The normalized spacial score (nSPS) is 15.0. The lowest BCUT2D eigenvalue weighted by atomic mass is 10.1. The number of amides is 4. The summed E-state index contributed by atoms with van der Waals surface area (Å²) in [6, 6.07) is 26.2. The summed E-state index contributed by atoms with van der Waals surface area (Å²) in [6.45, 7) is 0. The van der Waals surface area contributed by atoms with Crippen molar-refractivity contribution in [2.24, 2.45) is 0 Å². The number of halogens is 3. The number of hydrogen-bond acceptors (Lipinski definition) is 5. The van der Waals surface area contributed by atoms with Crippen LogP contribution in [0.1, 0.15) is 22.3 Å². The number of nitrogens with zero attached hydrogens (tertiary/aromatic N) is 1. The van der Waals surface area contributed by atoms with Gasteiger partial charge in [0.2, 0.25) is 11.8 Å². The Balaban J connectivity index is 1.30. The SMILES string of the molecule is O=C(Nc1ccc(SC2CC(=O)N(c3ccc(I)cc3)C2=O)cc1)/C(=C/c1c(F)cccc1Cl)NC(=O)c1ccccc1. The van der Waals surface area contributed by atoms with Crippen LogP contribution >= 0.6 is 46.0 Å². The molecule has 4 aromatic rings. The molecule has 43 heavy (non-hydrogen) atoms. The predicted octanol–water partition coefficient (Wildman–Crippen LogP) is 6.92. The largest absolute Gasteiger partial charge is 0.321 e. The zero-order valence-corrected chi connectivity index (χ0v) is 26.0. The standard InChI is InChI=1S/C32H22ClFIN3O4S/c33-25-7-4-8-26(34)24(25)17-27(37-30(40)19-5-2-1-3-6-19)31(41)36-21-11-15-23(16-12-21)43-28-18-29(39)38(32(28)42)22-13-9-20(35)10-14-22/h1-17,28H,18H2,(H,36,41)(H,37,40)/b27-17-. The fourth-order valence-corrected chi connectivity index (χ4v) is 5.90. The van der Waals surface area contributed by atoms with Gasteiger partial charge in [0.05, 0.1) is 16.0 Å². The van der Waals surface area contributed by atoms with Gasteiger partial charge in [0, 0.05) is 31.7 Å². The van der Waals surface area contributed by atoms with Gasteiger partial charge in [-0.3, -0.25) is 19.2 Å². The fourth-order valence-electron chi connectivity index (χ4n) is 4.27. The highest BCUT2D eigenvalue weighted by Gasteiger charge is 2.40. The predicted molar refractivity (Wildman–Crippen MR) is 174 cm³/mol. The van der Waals surface area contributed by atoms with E-state index >= 15 is 0 Å². The van der Waals surface area contributed by atoms with E-state index in [1.54, 1.807) is 66.7 Å². The Kier molecular flexibility index (Phi) is 9.59. The van der Waals surface area contributed by atoms with Crippen LogP contribution in [0.4, 0.5) is 15.8 Å². The van der Waals surface area contributed by atoms with Crippen molar-refractivity contribution >= 4 is 87.0 Å². The minimum absolute atomic E-state index is 0.0514. The Hall–Kier alpha value is -4.00. The smallest absolute Gasteiger partial charge is 0.272 e. The van der Waals surface area contributed by atoms with Crippen LogP contribution in [0.25, 0.3) is 6.08 Å². The van der Waals surface area contributed by atoms with Crippen molar-refractivity contribution in [1.82, 2.24) is 5.32 Å². The third kappa shape index (κ3) is 7.32. The van der Waals surface area contributed by atoms with Gasteiger partial charge in [-0.15, -0.1) is 11.8 Å². The van der Waals surface area contributed by atoms with Crippen molar-refractivity contribution in [3.05, 3.63) is 128 Å². The van der Waals surface area contributed by atoms with Crippen LogP contribution in [0.5, 0.6) is 0 Å². The number of hydrogen-bond donors (Lipinski definition) is 2. The van der Waals surface area contributed by atoms with E-state index in [0.717, 1.165) is 8.47 Å². The highest BCUT2D eigenvalue weighted by molar-refractivity contribution is 14.1. The number of anilines is 2. The first-order valence-corrected chi connectivity index (χ1v) is 15.3. The zero-order valence-electron chi connectivity index (χ0n) is 22.2. The molecule has 1 saturated heterocycles. The molecule has 0 aromatic heterocycles. The quantitative estimate of drug-likeness (QED) is 0.117. The first kappa shape index (κ1) is 30.5. The Labute approximate surface area is 269 Å². The van der Waals surface area contributed by atoms with E-state index in [2.05, 4.69) is 33.2 Å². The second-order valence-corrected chi connectivity index (χ2v) is 12.3. The molecule has 216 valence electrons. The Morgan fingerprint density at radius 2 is 1.63 bits per heavy atom. The number of thioether (sulfide) groups is 1. The third-order valence-electron chi connectivity index (χ3n) is 6.40. The van der Waals surface area contributed by atoms with Gasteiger partial charge in [-0.05, 0) is 101 Å². The van der Waals surface area contributed by atoms with Gasteiger partial charge in [-0.1, -0.05) is 35.9 Å². The maximum absolute atomic E-state index is 14.5. The Bertz CT molecular complexity index is 1710. The summed E-state index contributed by atoms with van der Waals surface area (Å²) in [4.78, 5) is 53.7. The van der Waals surface area contributed by atoms with Gasteiger partial charge in [0.1, 0.15) is 11.5 Å². The molecule has 4 amide bonds. The molecule has 0 spiro atoms. The van der Waals surface area contributed by atoms with Gasteiger partial charge >= 0.3 is 0 Å². The van der Waals surface area contributed by atoms with Crippen molar-refractivity contribution in [1.29, 1.82) is 0 Å². The van der Waals surface area contributed by atoms with E-state index in [1.807, 2.05) is 12.1 Å². The van der Waals surface area contributed by atoms with E-state index in [-0.39, 0.29) is 34.5 Å². The molecule has 0 bridgehead atoms. The molecule has 4 aromatic carbocycles. The summed E-state index contributed by atoms with van der Waals surface area (Å²) in [7, 11) is 0. The molecule has 11 heteroatoms. The highest BCUT2D eigenvalue weighted by atomic mass is 127. The van der Waals surface area contributed by atoms with Crippen LogP contribution in [0.3, 0.4) is 0 Å². The molecule has 2 N–H and O–H groups in total. The maximum atomic E-state index is 14.5. The van der Waals surface area contributed by atoms with Gasteiger partial charge in [0.15, 0.2) is 0 Å². The third-order valence-corrected chi connectivity index (χ3v) is 8.64. The van der Waals surface area contributed by atoms with Crippen LogP contribution in [0, 0.1) is 9.39 Å². The summed E-state index contributed by atoms with van der Waals surface area (Å²) in [5, 5.41) is 4.74. The van der Waals surface area contributed by atoms with E-state index in [9.17, 15) is 23.6 Å². The van der Waals surface area contributed by atoms with Crippen molar-refractivity contribution < 1.29 is 23.6 Å². The summed E-state index contributed by atoms with van der Waals surface area (Å²) in [5.41, 5.74) is 0.969. The first-order valence-electron chi connectivity index (χ1n) is 12.9. The molecule has 1 heterocycles. The number of benzene rings is 4. The zero-order chi connectivity index (χ0) is 30.5. The molecular weight excluding hydrogens is 704 g/mol. The lowest BCUT2D eigenvalue weighted by Gasteiger charge is -2.15. The first-order chi connectivity index (χ1) is 20.7. The minimum Gasteiger partial charge on any atom is -0.321 e. The van der Waals surface area contributed by atoms with Gasteiger partial charge in [-0.2, -0.15) is 0 Å². The van der Waals surface area contributed by atoms with Gasteiger partial charge in [0.25, 0.3) is 11.8 Å². The molecule has 1 fully saturated rings. The molecular formula is C32H22ClFIN3O4S. The topological polar surface area (TPSA) is 95.6 Å². The number of imide groups is 1. The lowest BCUT2D eigenvalue weighted by Crippen LogP contribution is -2.31. The molecule has 7 nitrogen and oxygen atoms in total. The summed E-state index contributed by atoms with van der Waals surface area (Å²) in [6.07, 6.45) is 1.25. The number of rotatable bonds is 8. The Morgan fingerprint density at radius 3 is 2.30 bits per heavy atom. The van der Waals surface area contributed by atoms with Crippen molar-refractivity contribution in [2.45, 2.75) is 16.6 Å². The van der Waals surface area contributed by atoms with Gasteiger partial charge in [-0.25, -0.2) is 9.29 Å². The van der Waals surface area contributed by atoms with E-state index < -0.39 is 22.9 Å². The van der Waals surface area contributed by atoms with Crippen LogP contribution < -0.4 is 15.5 Å². The minimum atomic E-state index is -0.700. The Morgan fingerprint density at radius 1 is 0.930 bits per heavy atom. The molecule has 0 radical (unpaired) electrons. The number of carbonyl (C=O) groups is 4. The van der Waals surface area contributed by atoms with E-state index in [4.69, 9.17) is 11.6 Å². The molecule has 1 aliphatic rings. The fraction of sp³-hybridized carbons (Fsp3) is 0.0625. The summed E-state index contributed by atoms with van der Waals surface area (Å²) in [5.74, 6) is -2.47. The van der Waals surface area contributed by atoms with E-state index in [0.29, 0.717) is 16.9 Å². The molecule has 0 aliphatic carbocycles. The van der Waals surface area contributed by atoms with Crippen molar-refractivity contribution in [2.75, 3.05) is 10.2 Å². The van der Waals surface area contributed by atoms with E-state index in [1.165, 1.54) is 40.9 Å². The number of carbonyl (C=O) groups excluding carboxylic acids is 4. The second kappa shape index (κ2) is 13.5. The summed E-state index contributed by atoms with van der Waals surface area (Å²) >= 11 is 9.58. The van der Waals surface area contributed by atoms with Crippen LogP contribution in [0.2, 0.25) is 5.02 Å². The van der Waals surface area contributed by atoms with Crippen molar-refractivity contribution in [3.63, 3.8) is 0 Å². The summed E-state index contributed by atoms with van der Waals surface area (Å²) < 4.78 is 15.5. The monoisotopic (exact) mass is 725 g/mol. The highest BCUT2D eigenvalue weighted by Crippen LogP contribution is 2.34. The molecule has 0 saturated carbocycles. The lowest BCUT2D eigenvalue weighted by molar-refractivity contribution is -0.121. The molecule has 5 rings (SSSR count). The van der Waals surface area contributed by atoms with Gasteiger partial charge < -0.3 is 10.6 Å². The molecule has 1 atom stereocenters. The van der Waals surface area contributed by atoms with Crippen LogP contribution in [-0.2, 0) is 14.4 Å². The number of nitrogens with one attached hydrogen (secondary N) is 2. The average molecular weight is 726 g/mol.